The van der Waals surface area contributed by atoms with Crippen molar-refractivity contribution < 1.29 is 98.1 Å². The van der Waals surface area contributed by atoms with Crippen LogP contribution in [0.2, 0.25) is 0 Å². The van der Waals surface area contributed by atoms with Crippen LogP contribution in [0.4, 0.5) is 4.79 Å². The van der Waals surface area contributed by atoms with Crippen molar-refractivity contribution in [1.82, 2.24) is 5.32 Å². The zero-order valence-corrected chi connectivity index (χ0v) is 60.9. The maximum Gasteiger partial charge on any atom is 0.407 e. The maximum atomic E-state index is 15.2. The fourth-order valence-electron chi connectivity index (χ4n) is 12.5. The predicted octanol–water partition coefficient (Wildman–Crippen LogP) is 13.8. The average Bonchev–Trinajstić information content (AvgIpc) is 0.787. The van der Waals surface area contributed by atoms with Crippen molar-refractivity contribution >= 4 is 28.9 Å². The van der Waals surface area contributed by atoms with Gasteiger partial charge in [0.25, 0.3) is 0 Å². The van der Waals surface area contributed by atoms with E-state index in [1.165, 1.54) is 20.0 Å². The molecule has 4 saturated heterocycles. The van der Waals surface area contributed by atoms with Crippen molar-refractivity contribution in [3.63, 3.8) is 0 Å². The molecule has 9 rings (SSSR count). The van der Waals surface area contributed by atoms with Gasteiger partial charge in [-0.05, 0) is 51.5 Å². The molecule has 5 aromatic rings. The second kappa shape index (κ2) is 37.0. The van der Waals surface area contributed by atoms with Gasteiger partial charge in [-0.1, -0.05) is 207 Å². The van der Waals surface area contributed by atoms with Crippen LogP contribution in [0.15, 0.2) is 152 Å². The Morgan fingerprint density at radius 2 is 0.653 bits per heavy atom. The number of aliphatic hydroxyl groups excluding tert-OH is 1. The minimum Gasteiger partial charge on any atom is -0.445 e. The molecule has 4 aliphatic heterocycles. The quantitative estimate of drug-likeness (QED) is 0.0287. The highest BCUT2D eigenvalue weighted by molar-refractivity contribution is 7.53. The van der Waals surface area contributed by atoms with Crippen molar-refractivity contribution in [3.8, 4) is 0 Å². The first-order valence-corrected chi connectivity index (χ1v) is 40.1. The van der Waals surface area contributed by atoms with Crippen LogP contribution < -0.4 is 5.32 Å². The van der Waals surface area contributed by atoms with Gasteiger partial charge in [0, 0.05) is 50.2 Å². The highest BCUT2D eigenvalue weighted by Gasteiger charge is 2.53. The fourth-order valence-corrected chi connectivity index (χ4v) is 16.8. The van der Waals surface area contributed by atoms with Crippen molar-refractivity contribution in [3.05, 3.63) is 179 Å². The molecule has 0 radical (unpaired) electrons. The first-order valence-electron chi connectivity index (χ1n) is 34.1. The van der Waals surface area contributed by atoms with E-state index >= 15 is 9.13 Å². The second-order valence-electron chi connectivity index (χ2n) is 26.7. The van der Waals surface area contributed by atoms with Gasteiger partial charge >= 0.3 is 28.9 Å². The summed E-state index contributed by atoms with van der Waals surface area (Å²) in [7, 11) is -12.2. The summed E-state index contributed by atoms with van der Waals surface area (Å²) in [6, 6.07) is 48.0. The van der Waals surface area contributed by atoms with Gasteiger partial charge in [-0.3, -0.25) is 27.3 Å². The standard InChI is InChI=1S/C73H102NO21P3/c1-48-52(5)70(86-61(65(48)75)44-80-39-56-27-17-12-18-28-56)93-96(9,77)91-67-50(3)54(7)72(88-63(67)46-82-41-58-31-21-14-22-32-58)95-98(11,79)92-68-51(4)55(8)71(89-64(68)47-83-42-59-33-23-15-24-34-59)94-97(10,78)90-66-49(2)53(6)69(87-62(66)45-81-40-57-29-19-13-20-30-57)84-38-37-74-73(76)85-43-60-35-25-16-26-36-60/h12-36,48-55,61-72,75H,37-47H2,1-11H3,(H,74,76)/t48-,49-,50-,51-,52?,53?,54?,55?,61?,62?,63?,64?,65+,66+,67+,68+,69+,70-,71-,72-,96?,97?,98?/m1/s1. The molecule has 0 aliphatic carbocycles. The highest BCUT2D eigenvalue weighted by Crippen LogP contribution is 2.57. The van der Waals surface area contributed by atoms with Crippen LogP contribution >= 0.6 is 22.8 Å². The number of carbonyl (C=O) groups is 1. The molecule has 540 valence electrons. The molecule has 2 N–H and O–H groups in total. The normalized spacial score (nSPS) is 32.4. The Hall–Kier alpha value is -4.58. The molecule has 5 aromatic carbocycles. The zero-order valence-electron chi connectivity index (χ0n) is 58.2. The number of aliphatic hydroxyl groups is 1. The van der Waals surface area contributed by atoms with Crippen molar-refractivity contribution in [1.29, 1.82) is 0 Å². The van der Waals surface area contributed by atoms with Crippen LogP contribution in [0.1, 0.15) is 83.2 Å². The molecule has 0 spiro atoms. The third-order valence-corrected chi connectivity index (χ3v) is 22.8. The summed E-state index contributed by atoms with van der Waals surface area (Å²) in [5, 5.41) is 14.0. The summed E-state index contributed by atoms with van der Waals surface area (Å²) < 4.78 is 147. The summed E-state index contributed by atoms with van der Waals surface area (Å²) >= 11 is 0. The molecular formula is C73H102NO21P3. The molecule has 1 amide bonds. The average molecular weight is 1420 g/mol. The number of alkyl carbamates (subject to hydrolysis) is 1. The molecule has 0 aromatic heterocycles. The van der Waals surface area contributed by atoms with Crippen LogP contribution in [0.25, 0.3) is 0 Å². The van der Waals surface area contributed by atoms with Gasteiger partial charge in [-0.25, -0.2) is 4.79 Å². The molecule has 11 unspecified atom stereocenters. The lowest BCUT2D eigenvalue weighted by Gasteiger charge is -2.47. The predicted molar refractivity (Wildman–Crippen MR) is 367 cm³/mol. The van der Waals surface area contributed by atoms with Gasteiger partial charge in [0.05, 0.1) is 83.9 Å². The molecule has 4 aliphatic rings. The lowest BCUT2D eigenvalue weighted by Crippen LogP contribution is -2.54. The van der Waals surface area contributed by atoms with Crippen LogP contribution in [0.3, 0.4) is 0 Å². The molecule has 22 nitrogen and oxygen atoms in total. The molecule has 4 heterocycles. The summed E-state index contributed by atoms with van der Waals surface area (Å²) in [5.41, 5.74) is 4.60. The van der Waals surface area contributed by atoms with Gasteiger partial charge in [0.2, 0.25) is 0 Å². The lowest BCUT2D eigenvalue weighted by molar-refractivity contribution is -0.271. The molecule has 23 atom stereocenters. The monoisotopic (exact) mass is 1420 g/mol. The highest BCUT2D eigenvalue weighted by atomic mass is 31.2. The zero-order chi connectivity index (χ0) is 70.0. The van der Waals surface area contributed by atoms with Gasteiger partial charge in [-0.2, -0.15) is 0 Å². The van der Waals surface area contributed by atoms with Gasteiger partial charge < -0.3 is 71.4 Å². The number of benzene rings is 5. The Labute approximate surface area is 578 Å². The number of hydrogen-bond donors (Lipinski definition) is 2. The summed E-state index contributed by atoms with van der Waals surface area (Å²) in [6.07, 6.45) is -11.5. The van der Waals surface area contributed by atoms with Crippen LogP contribution in [-0.4, -0.2) is 145 Å². The summed E-state index contributed by atoms with van der Waals surface area (Å²) in [4.78, 5) is 12.5. The van der Waals surface area contributed by atoms with E-state index < -0.39 is 127 Å². The van der Waals surface area contributed by atoms with E-state index in [0.717, 1.165) is 27.8 Å². The Kier molecular flexibility index (Phi) is 29.3. The number of hydrogen-bond acceptors (Lipinski definition) is 21. The Balaban J connectivity index is 0.863. The number of carbonyl (C=O) groups excluding carboxylic acids is 1. The number of ether oxygens (including phenoxy) is 10. The minimum absolute atomic E-state index is 0.0394. The largest absolute Gasteiger partial charge is 0.445 e. The molecule has 0 bridgehead atoms. The van der Waals surface area contributed by atoms with Crippen LogP contribution in [-0.2, 0) is 121 Å². The topological polar surface area (TPSA) is 248 Å². The molecule has 98 heavy (non-hydrogen) atoms. The smallest absolute Gasteiger partial charge is 0.407 e. The minimum atomic E-state index is -4.14. The third kappa shape index (κ3) is 22.7. The first-order chi connectivity index (χ1) is 46.9. The molecule has 4 fully saturated rings. The summed E-state index contributed by atoms with van der Waals surface area (Å²) in [5.74, 6) is -3.31. The van der Waals surface area contributed by atoms with Gasteiger partial charge in [0.1, 0.15) is 31.0 Å². The number of amides is 1. The summed E-state index contributed by atoms with van der Waals surface area (Å²) in [6.45, 7) is 20.9. The van der Waals surface area contributed by atoms with Gasteiger partial charge in [0.15, 0.2) is 25.2 Å². The van der Waals surface area contributed by atoms with Crippen molar-refractivity contribution in [2.45, 2.75) is 162 Å². The third-order valence-electron chi connectivity index (χ3n) is 19.1. The molecular weight excluding hydrogens is 1320 g/mol. The lowest BCUT2D eigenvalue weighted by atomic mass is 9.85. The van der Waals surface area contributed by atoms with Crippen molar-refractivity contribution in [2.24, 2.45) is 47.3 Å². The fraction of sp³-hybridized carbons (Fsp3) is 0.575. The van der Waals surface area contributed by atoms with E-state index in [-0.39, 0.29) is 89.7 Å². The number of rotatable bonds is 34. The Morgan fingerprint density at radius 3 is 0.990 bits per heavy atom. The van der Waals surface area contributed by atoms with E-state index in [1.54, 1.807) is 0 Å². The van der Waals surface area contributed by atoms with Gasteiger partial charge in [-0.15, -0.1) is 0 Å². The Bertz CT molecular complexity index is 3320. The second-order valence-corrected chi connectivity index (χ2v) is 32.6. The Morgan fingerprint density at radius 1 is 0.378 bits per heavy atom. The van der Waals surface area contributed by atoms with E-state index in [1.807, 2.05) is 207 Å². The van der Waals surface area contributed by atoms with Crippen LogP contribution in [0.5, 0.6) is 0 Å². The van der Waals surface area contributed by atoms with Crippen molar-refractivity contribution in [2.75, 3.05) is 59.6 Å². The first kappa shape index (κ1) is 77.6. The number of nitrogens with one attached hydrogen (secondary N) is 1. The van der Waals surface area contributed by atoms with E-state index in [0.29, 0.717) is 6.61 Å². The molecule has 25 heteroatoms. The van der Waals surface area contributed by atoms with E-state index in [4.69, 9.17) is 74.5 Å². The molecule has 0 saturated carbocycles. The van der Waals surface area contributed by atoms with E-state index in [9.17, 15) is 14.5 Å². The maximum absolute atomic E-state index is 15.2. The van der Waals surface area contributed by atoms with Crippen LogP contribution in [0, 0.1) is 47.3 Å². The van der Waals surface area contributed by atoms with E-state index in [2.05, 4.69) is 5.32 Å². The SMILES string of the molecule is CC1[C@@H](OP(C)(=O)O[C@@H]2C(COCc3ccccc3)O[C@H](OP(C)(=O)O[C@@H]3C(COCc4ccccc4)O[C@H](OP(C)(=O)O[C@@H]4C(COCc5ccccc5)O[C@H](OCCNC(=O)OCc5ccccc5)C(C)[C@H]4C)C(C)[C@H]3C)C(C)[C@H]2C)OC(COCc2ccccc2)[C@@H](O)[C@@H]1C.